The van der Waals surface area contributed by atoms with Crippen LogP contribution in [0.2, 0.25) is 5.02 Å². The van der Waals surface area contributed by atoms with Crippen LogP contribution in [0.5, 0.6) is 0 Å². The number of amides is 2. The number of hydrogen-bond donors (Lipinski definition) is 2. The number of carbonyl (C=O) groups is 2. The van der Waals surface area contributed by atoms with Gasteiger partial charge in [0, 0.05) is 17.3 Å². The van der Waals surface area contributed by atoms with E-state index >= 15 is 0 Å². The molecule has 3 rings (SSSR count). The molecule has 0 atom stereocenters. The number of carbonyl (C=O) groups excluding carboxylic acids is 2. The largest absolute Gasteiger partial charge is 0.325 e. The smallest absolute Gasteiger partial charge is 0.257 e. The van der Waals surface area contributed by atoms with E-state index in [0.717, 1.165) is 6.54 Å². The molecule has 0 fully saturated rings. The van der Waals surface area contributed by atoms with E-state index in [2.05, 4.69) is 20.8 Å². The molecular weight excluding hydrogens is 398 g/mol. The van der Waals surface area contributed by atoms with Gasteiger partial charge in [-0.3, -0.25) is 9.59 Å². The molecule has 1 aromatic heterocycles. The molecule has 3 aromatic rings. The molecule has 0 saturated heterocycles. The number of aryl methyl sites for hydroxylation is 1. The average molecular weight is 416 g/mol. The Hall–Kier alpha value is -2.84. The molecule has 0 aliphatic heterocycles. The Morgan fingerprint density at radius 3 is 2.61 bits per heavy atom. The predicted molar refractivity (Wildman–Crippen MR) is 111 cm³/mol. The number of benzene rings is 2. The number of aromatic nitrogens is 3. The zero-order valence-electron chi connectivity index (χ0n) is 15.1. The highest BCUT2D eigenvalue weighted by Crippen LogP contribution is 2.20. The van der Waals surface area contributed by atoms with Gasteiger partial charge in [0.1, 0.15) is 6.33 Å². The number of rotatable bonds is 7. The van der Waals surface area contributed by atoms with E-state index in [9.17, 15) is 9.59 Å². The standard InChI is InChI=1S/C19H18ClN5O2S/c1-2-25-12-21-24-19(25)28-11-17(26)23-16-6-4-3-5-15(16)18(27)22-14-9-7-13(20)8-10-14/h3-10,12H,2,11H2,1H3,(H,22,27)(H,23,26). The molecule has 0 unspecified atom stereocenters. The first-order valence-corrected chi connectivity index (χ1v) is 9.89. The van der Waals surface area contributed by atoms with Crippen molar-refractivity contribution >= 4 is 46.6 Å². The van der Waals surface area contributed by atoms with Crippen molar-refractivity contribution in [3.8, 4) is 0 Å². The van der Waals surface area contributed by atoms with Crippen LogP contribution in [0.4, 0.5) is 11.4 Å². The molecule has 9 heteroatoms. The Kier molecular flexibility index (Phi) is 6.67. The number of para-hydroxylation sites is 1. The van der Waals surface area contributed by atoms with Crippen molar-refractivity contribution in [3.05, 3.63) is 65.4 Å². The summed E-state index contributed by atoms with van der Waals surface area (Å²) in [5.74, 6) is -0.398. The van der Waals surface area contributed by atoms with Gasteiger partial charge >= 0.3 is 0 Å². The van der Waals surface area contributed by atoms with E-state index in [4.69, 9.17) is 11.6 Å². The maximum atomic E-state index is 12.6. The van der Waals surface area contributed by atoms with Gasteiger partial charge < -0.3 is 15.2 Å². The lowest BCUT2D eigenvalue weighted by molar-refractivity contribution is -0.113. The maximum Gasteiger partial charge on any atom is 0.257 e. The zero-order chi connectivity index (χ0) is 19.9. The Morgan fingerprint density at radius 2 is 1.86 bits per heavy atom. The molecule has 0 aliphatic carbocycles. The first kappa shape index (κ1) is 19.9. The summed E-state index contributed by atoms with van der Waals surface area (Å²) in [5.41, 5.74) is 1.43. The third-order valence-corrected chi connectivity index (χ3v) is 5.03. The van der Waals surface area contributed by atoms with E-state index in [1.54, 1.807) is 54.9 Å². The summed E-state index contributed by atoms with van der Waals surface area (Å²) in [6.45, 7) is 2.70. The van der Waals surface area contributed by atoms with Gasteiger partial charge in [-0.05, 0) is 43.3 Å². The van der Waals surface area contributed by atoms with E-state index in [0.29, 0.717) is 27.1 Å². The number of hydrogen-bond acceptors (Lipinski definition) is 5. The van der Waals surface area contributed by atoms with Crippen molar-refractivity contribution in [2.24, 2.45) is 0 Å². The topological polar surface area (TPSA) is 88.9 Å². The van der Waals surface area contributed by atoms with Crippen molar-refractivity contribution in [1.29, 1.82) is 0 Å². The number of anilines is 2. The summed E-state index contributed by atoms with van der Waals surface area (Å²) in [5, 5.41) is 14.7. The van der Waals surface area contributed by atoms with Crippen LogP contribution in [0.3, 0.4) is 0 Å². The lowest BCUT2D eigenvalue weighted by atomic mass is 10.1. The molecule has 7 nitrogen and oxygen atoms in total. The van der Waals surface area contributed by atoms with Gasteiger partial charge in [-0.2, -0.15) is 0 Å². The van der Waals surface area contributed by atoms with Gasteiger partial charge in [-0.25, -0.2) is 0 Å². The lowest BCUT2D eigenvalue weighted by Gasteiger charge is -2.11. The Bertz CT molecular complexity index is 974. The van der Waals surface area contributed by atoms with Crippen LogP contribution in [0.25, 0.3) is 0 Å². The van der Waals surface area contributed by atoms with Gasteiger partial charge in [0.05, 0.1) is 17.0 Å². The van der Waals surface area contributed by atoms with Gasteiger partial charge in [0.2, 0.25) is 5.91 Å². The molecule has 2 N–H and O–H groups in total. The fraction of sp³-hybridized carbons (Fsp3) is 0.158. The third kappa shape index (κ3) is 5.11. The van der Waals surface area contributed by atoms with Crippen LogP contribution in [0.15, 0.2) is 60.0 Å². The highest BCUT2D eigenvalue weighted by Gasteiger charge is 2.14. The normalized spacial score (nSPS) is 10.5. The monoisotopic (exact) mass is 415 g/mol. The fourth-order valence-electron chi connectivity index (χ4n) is 2.41. The molecule has 0 bridgehead atoms. The highest BCUT2D eigenvalue weighted by molar-refractivity contribution is 7.99. The maximum absolute atomic E-state index is 12.6. The van der Waals surface area contributed by atoms with Crippen LogP contribution < -0.4 is 10.6 Å². The molecule has 0 radical (unpaired) electrons. The second-order valence-corrected chi connectivity index (χ2v) is 7.12. The predicted octanol–water partition coefficient (Wildman–Crippen LogP) is 3.93. The van der Waals surface area contributed by atoms with Gasteiger partial charge in [0.25, 0.3) is 5.91 Å². The number of halogens is 1. The number of thioether (sulfide) groups is 1. The molecule has 0 spiro atoms. The fourth-order valence-corrected chi connectivity index (χ4v) is 3.32. The average Bonchev–Trinajstić information content (AvgIpc) is 3.16. The highest BCUT2D eigenvalue weighted by atomic mass is 35.5. The molecule has 28 heavy (non-hydrogen) atoms. The van der Waals surface area contributed by atoms with Crippen LogP contribution in [-0.4, -0.2) is 32.3 Å². The van der Waals surface area contributed by atoms with Crippen LogP contribution in [-0.2, 0) is 11.3 Å². The molecule has 0 aliphatic rings. The summed E-state index contributed by atoms with van der Waals surface area (Å²) >= 11 is 7.15. The van der Waals surface area contributed by atoms with Crippen LogP contribution in [0.1, 0.15) is 17.3 Å². The Labute approximate surface area is 171 Å². The van der Waals surface area contributed by atoms with E-state index in [1.807, 2.05) is 11.5 Å². The SMILES string of the molecule is CCn1cnnc1SCC(=O)Nc1ccccc1C(=O)Nc1ccc(Cl)cc1. The van der Waals surface area contributed by atoms with Crippen LogP contribution in [0, 0.1) is 0 Å². The molecule has 144 valence electrons. The summed E-state index contributed by atoms with van der Waals surface area (Å²) < 4.78 is 1.85. The van der Waals surface area contributed by atoms with Crippen molar-refractivity contribution in [2.75, 3.05) is 16.4 Å². The summed E-state index contributed by atoms with van der Waals surface area (Å²) in [6, 6.07) is 13.6. The summed E-state index contributed by atoms with van der Waals surface area (Å²) in [6.07, 6.45) is 1.62. The first-order chi connectivity index (χ1) is 13.6. The van der Waals surface area contributed by atoms with Gasteiger partial charge in [0.15, 0.2) is 5.16 Å². The number of nitrogens with one attached hydrogen (secondary N) is 2. The third-order valence-electron chi connectivity index (χ3n) is 3.80. The van der Waals surface area contributed by atoms with Gasteiger partial charge in [-0.1, -0.05) is 35.5 Å². The Morgan fingerprint density at radius 1 is 1.11 bits per heavy atom. The molecule has 0 saturated carbocycles. The first-order valence-electron chi connectivity index (χ1n) is 8.53. The van der Waals surface area contributed by atoms with Gasteiger partial charge in [-0.15, -0.1) is 10.2 Å². The van der Waals surface area contributed by atoms with E-state index < -0.39 is 0 Å². The lowest BCUT2D eigenvalue weighted by Crippen LogP contribution is -2.19. The quantitative estimate of drug-likeness (QED) is 0.570. The van der Waals surface area contributed by atoms with Crippen LogP contribution >= 0.6 is 23.4 Å². The Balaban J connectivity index is 1.65. The minimum atomic E-state index is -0.323. The van der Waals surface area contributed by atoms with Crippen molar-refractivity contribution in [1.82, 2.24) is 14.8 Å². The van der Waals surface area contributed by atoms with E-state index in [1.165, 1.54) is 11.8 Å². The van der Waals surface area contributed by atoms with Crippen molar-refractivity contribution < 1.29 is 9.59 Å². The number of nitrogens with zero attached hydrogens (tertiary/aromatic N) is 3. The summed E-state index contributed by atoms with van der Waals surface area (Å²) in [4.78, 5) is 24.9. The molecular formula is C19H18ClN5O2S. The van der Waals surface area contributed by atoms with Crippen molar-refractivity contribution in [2.45, 2.75) is 18.6 Å². The summed E-state index contributed by atoms with van der Waals surface area (Å²) in [7, 11) is 0. The minimum absolute atomic E-state index is 0.159. The van der Waals surface area contributed by atoms with Crippen molar-refractivity contribution in [3.63, 3.8) is 0 Å². The minimum Gasteiger partial charge on any atom is -0.325 e. The van der Waals surface area contributed by atoms with E-state index in [-0.39, 0.29) is 17.6 Å². The second-order valence-electron chi connectivity index (χ2n) is 5.74. The second kappa shape index (κ2) is 9.38. The zero-order valence-corrected chi connectivity index (χ0v) is 16.6. The molecule has 1 heterocycles. The molecule has 2 amide bonds. The molecule has 2 aromatic carbocycles.